The predicted molar refractivity (Wildman–Crippen MR) is 74.7 cm³/mol. The van der Waals surface area contributed by atoms with Gasteiger partial charge in [0.15, 0.2) is 3.67 Å². The summed E-state index contributed by atoms with van der Waals surface area (Å²) in [5.41, 5.74) is 5.02. The van der Waals surface area contributed by atoms with Crippen LogP contribution in [0.3, 0.4) is 0 Å². The SMILES string of the molecule is ClC1(Cl)SC12c1ccccc1-c1ccccc12. The van der Waals surface area contributed by atoms with Gasteiger partial charge in [-0.25, -0.2) is 0 Å². The molecule has 3 heteroatoms. The standard InChI is InChI=1S/C14H8Cl2S/c15-14(16)13(17-14)11-7-3-1-5-9(11)10-6-2-4-8-12(10)13/h1-8H. The van der Waals surface area contributed by atoms with E-state index in [9.17, 15) is 0 Å². The maximum Gasteiger partial charge on any atom is 0.187 e. The first kappa shape index (κ1) is 10.3. The quantitative estimate of drug-likeness (QED) is 0.493. The Morgan fingerprint density at radius 1 is 0.765 bits per heavy atom. The van der Waals surface area contributed by atoms with Crippen molar-refractivity contribution in [2.75, 3.05) is 0 Å². The van der Waals surface area contributed by atoms with Gasteiger partial charge in [0.25, 0.3) is 0 Å². The first-order chi connectivity index (χ1) is 8.17. The van der Waals surface area contributed by atoms with Crippen LogP contribution in [0.2, 0.25) is 0 Å². The second kappa shape index (κ2) is 3.03. The van der Waals surface area contributed by atoms with Crippen molar-refractivity contribution in [2.45, 2.75) is 8.41 Å². The smallest absolute Gasteiger partial charge is 0.100 e. The van der Waals surface area contributed by atoms with Crippen LogP contribution in [0.5, 0.6) is 0 Å². The third-order valence-electron chi connectivity index (χ3n) is 3.55. The van der Waals surface area contributed by atoms with Crippen LogP contribution < -0.4 is 0 Å². The summed E-state index contributed by atoms with van der Waals surface area (Å²) in [6.45, 7) is 0. The highest BCUT2D eigenvalue weighted by atomic mass is 35.5. The molecule has 0 unspecified atom stereocenters. The van der Waals surface area contributed by atoms with E-state index >= 15 is 0 Å². The van der Waals surface area contributed by atoms with E-state index in [-0.39, 0.29) is 4.75 Å². The molecule has 1 aliphatic heterocycles. The van der Waals surface area contributed by atoms with Gasteiger partial charge < -0.3 is 0 Å². The number of benzene rings is 2. The van der Waals surface area contributed by atoms with Crippen molar-refractivity contribution in [1.29, 1.82) is 0 Å². The molecule has 0 aromatic heterocycles. The second-order valence-corrected chi connectivity index (χ2v) is 7.60. The highest BCUT2D eigenvalue weighted by Crippen LogP contribution is 2.81. The van der Waals surface area contributed by atoms with Crippen molar-refractivity contribution in [3.63, 3.8) is 0 Å². The van der Waals surface area contributed by atoms with Crippen molar-refractivity contribution >= 4 is 35.0 Å². The summed E-state index contributed by atoms with van der Waals surface area (Å²) in [6.07, 6.45) is 0. The van der Waals surface area contributed by atoms with Crippen LogP contribution >= 0.6 is 35.0 Å². The van der Waals surface area contributed by atoms with Crippen LogP contribution in [0.4, 0.5) is 0 Å². The molecule has 2 aromatic carbocycles. The molecule has 0 atom stereocenters. The number of rotatable bonds is 0. The highest BCUT2D eigenvalue weighted by molar-refractivity contribution is 8.12. The van der Waals surface area contributed by atoms with Gasteiger partial charge in [0, 0.05) is 0 Å². The number of thioether (sulfide) groups is 1. The maximum atomic E-state index is 6.39. The lowest BCUT2D eigenvalue weighted by Crippen LogP contribution is -2.12. The minimum absolute atomic E-state index is 0.247. The molecule has 1 heterocycles. The Morgan fingerprint density at radius 3 is 1.59 bits per heavy atom. The monoisotopic (exact) mass is 278 g/mol. The molecule has 1 spiro atoms. The molecular formula is C14H8Cl2S. The van der Waals surface area contributed by atoms with Crippen molar-refractivity contribution in [2.24, 2.45) is 0 Å². The third kappa shape index (κ3) is 1.08. The van der Waals surface area contributed by atoms with E-state index in [1.54, 1.807) is 11.8 Å². The van der Waals surface area contributed by atoms with E-state index < -0.39 is 3.67 Å². The minimum atomic E-state index is -0.726. The van der Waals surface area contributed by atoms with Crippen LogP contribution in [-0.4, -0.2) is 3.67 Å². The van der Waals surface area contributed by atoms with E-state index in [4.69, 9.17) is 23.2 Å². The van der Waals surface area contributed by atoms with Gasteiger partial charge in [0.1, 0.15) is 4.75 Å². The molecule has 4 rings (SSSR count). The summed E-state index contributed by atoms with van der Waals surface area (Å²) < 4.78 is -0.973. The Kier molecular flexibility index (Phi) is 1.84. The second-order valence-electron chi connectivity index (χ2n) is 4.39. The summed E-state index contributed by atoms with van der Waals surface area (Å²) in [5, 5.41) is 0. The fraction of sp³-hybridized carbons (Fsp3) is 0.143. The Morgan fingerprint density at radius 2 is 1.18 bits per heavy atom. The molecule has 84 valence electrons. The van der Waals surface area contributed by atoms with Crippen LogP contribution in [0.25, 0.3) is 11.1 Å². The number of alkyl halides is 2. The zero-order valence-electron chi connectivity index (χ0n) is 8.78. The maximum absolute atomic E-state index is 6.39. The van der Waals surface area contributed by atoms with E-state index in [2.05, 4.69) is 48.5 Å². The summed E-state index contributed by atoms with van der Waals surface area (Å²) in [4.78, 5) is 0. The summed E-state index contributed by atoms with van der Waals surface area (Å²) in [7, 11) is 0. The van der Waals surface area contributed by atoms with Crippen molar-refractivity contribution < 1.29 is 0 Å². The molecule has 0 N–H and O–H groups in total. The average molecular weight is 279 g/mol. The van der Waals surface area contributed by atoms with Gasteiger partial charge in [-0.1, -0.05) is 71.7 Å². The molecule has 2 aromatic rings. The largest absolute Gasteiger partial charge is 0.187 e. The van der Waals surface area contributed by atoms with Crippen LogP contribution in [-0.2, 0) is 4.75 Å². The van der Waals surface area contributed by atoms with Gasteiger partial charge in [-0.2, -0.15) is 0 Å². The highest BCUT2D eigenvalue weighted by Gasteiger charge is 2.72. The van der Waals surface area contributed by atoms with Gasteiger partial charge in [0.2, 0.25) is 0 Å². The fourth-order valence-corrected chi connectivity index (χ4v) is 5.02. The number of halogens is 2. The Bertz CT molecular complexity index is 588. The first-order valence-corrected chi connectivity index (χ1v) is 7.01. The zero-order valence-corrected chi connectivity index (χ0v) is 11.1. The zero-order chi connectivity index (χ0) is 11.7. The Balaban J connectivity index is 2.12. The molecule has 1 saturated heterocycles. The van der Waals surface area contributed by atoms with Crippen LogP contribution in [0.15, 0.2) is 48.5 Å². The van der Waals surface area contributed by atoms with E-state index in [1.165, 1.54) is 22.3 Å². The molecule has 0 nitrogen and oxygen atoms in total. The van der Waals surface area contributed by atoms with Gasteiger partial charge in [0.05, 0.1) is 0 Å². The molecule has 1 aliphatic carbocycles. The van der Waals surface area contributed by atoms with Crippen molar-refractivity contribution in [3.8, 4) is 11.1 Å². The molecule has 1 fully saturated rings. The van der Waals surface area contributed by atoms with E-state index in [0.29, 0.717) is 0 Å². The third-order valence-corrected chi connectivity index (χ3v) is 6.22. The number of hydrogen-bond donors (Lipinski definition) is 0. The molecule has 0 saturated carbocycles. The van der Waals surface area contributed by atoms with Crippen LogP contribution in [0, 0.1) is 0 Å². The van der Waals surface area contributed by atoms with Crippen LogP contribution in [0.1, 0.15) is 11.1 Å². The first-order valence-electron chi connectivity index (χ1n) is 5.44. The Labute approximate surface area is 114 Å². The van der Waals surface area contributed by atoms with Crippen molar-refractivity contribution in [1.82, 2.24) is 0 Å². The van der Waals surface area contributed by atoms with E-state index in [1.807, 2.05) is 0 Å². The molecule has 2 aliphatic rings. The lowest BCUT2D eigenvalue weighted by atomic mass is 9.99. The molecular weight excluding hydrogens is 271 g/mol. The predicted octanol–water partition coefficient (Wildman–Crippen LogP) is 4.79. The summed E-state index contributed by atoms with van der Waals surface area (Å²) >= 11 is 14.4. The fourth-order valence-electron chi connectivity index (χ4n) is 2.79. The van der Waals surface area contributed by atoms with Gasteiger partial charge in [-0.05, 0) is 22.3 Å². The van der Waals surface area contributed by atoms with Gasteiger partial charge >= 0.3 is 0 Å². The molecule has 0 bridgehead atoms. The lowest BCUT2D eigenvalue weighted by Gasteiger charge is -2.11. The minimum Gasteiger partial charge on any atom is -0.100 e. The van der Waals surface area contributed by atoms with Crippen molar-refractivity contribution in [3.05, 3.63) is 59.7 Å². The topological polar surface area (TPSA) is 0 Å². The van der Waals surface area contributed by atoms with Gasteiger partial charge in [-0.15, -0.1) is 11.8 Å². The van der Waals surface area contributed by atoms with Gasteiger partial charge in [-0.3, -0.25) is 0 Å². The average Bonchev–Trinajstić information content (AvgIpc) is 2.81. The molecule has 0 radical (unpaired) electrons. The summed E-state index contributed by atoms with van der Waals surface area (Å²) in [5.74, 6) is 0. The number of hydrogen-bond acceptors (Lipinski definition) is 1. The Hall–Kier alpha value is -0.630. The number of fused-ring (bicyclic) bond motifs is 5. The lowest BCUT2D eigenvalue weighted by molar-refractivity contribution is 0.907. The molecule has 0 amide bonds. The normalized spacial score (nSPS) is 21.1. The molecule has 17 heavy (non-hydrogen) atoms. The van der Waals surface area contributed by atoms with E-state index in [0.717, 1.165) is 0 Å². The summed E-state index contributed by atoms with van der Waals surface area (Å²) in [6, 6.07) is 16.8.